The van der Waals surface area contributed by atoms with Crippen molar-refractivity contribution in [1.82, 2.24) is 15.5 Å². The first-order chi connectivity index (χ1) is 15.0. The van der Waals surface area contributed by atoms with Crippen LogP contribution in [0.3, 0.4) is 0 Å². The number of carboxylic acids is 3. The van der Waals surface area contributed by atoms with Crippen molar-refractivity contribution in [2.24, 2.45) is 5.73 Å². The Labute approximate surface area is 182 Å². The molecule has 0 spiro atoms. The van der Waals surface area contributed by atoms with Crippen molar-refractivity contribution in [3.8, 4) is 0 Å². The van der Waals surface area contributed by atoms with Crippen molar-refractivity contribution in [3.63, 3.8) is 0 Å². The molecule has 0 saturated carbocycles. The van der Waals surface area contributed by atoms with E-state index in [2.05, 4.69) is 10.6 Å². The summed E-state index contributed by atoms with van der Waals surface area (Å²) in [5, 5.41) is 40.1. The lowest BCUT2D eigenvalue weighted by Gasteiger charge is -2.29. The molecule has 0 radical (unpaired) electrons. The molecule has 4 atom stereocenters. The highest BCUT2D eigenvalue weighted by Gasteiger charge is 2.39. The Bertz CT molecular complexity index is 743. The number of rotatable bonds is 13. The maximum Gasteiger partial charge on any atom is 0.328 e. The Kier molecular flexibility index (Phi) is 10.5. The quantitative estimate of drug-likeness (QED) is 0.147. The van der Waals surface area contributed by atoms with Gasteiger partial charge in [-0.2, -0.15) is 0 Å². The van der Waals surface area contributed by atoms with Crippen LogP contribution < -0.4 is 16.4 Å². The minimum atomic E-state index is -1.56. The monoisotopic (exact) mass is 460 g/mol. The number of aliphatic carboxylic acids is 3. The molecule has 0 aromatic heterocycles. The van der Waals surface area contributed by atoms with Gasteiger partial charge in [0.2, 0.25) is 17.7 Å². The number of nitrogens with zero attached hydrogens (tertiary/aromatic N) is 1. The summed E-state index contributed by atoms with van der Waals surface area (Å²) in [4.78, 5) is 71.5. The zero-order valence-electron chi connectivity index (χ0n) is 17.2. The highest BCUT2D eigenvalue weighted by molar-refractivity contribution is 5.94. The smallest absolute Gasteiger partial charge is 0.328 e. The Morgan fingerprint density at radius 2 is 1.53 bits per heavy atom. The summed E-state index contributed by atoms with van der Waals surface area (Å²) in [6, 6.07) is -5.21. The lowest BCUT2D eigenvalue weighted by atomic mass is 10.1. The Morgan fingerprint density at radius 1 is 0.938 bits per heavy atom. The van der Waals surface area contributed by atoms with E-state index in [0.717, 1.165) is 4.90 Å². The molecule has 32 heavy (non-hydrogen) atoms. The van der Waals surface area contributed by atoms with Gasteiger partial charge < -0.3 is 41.7 Å². The van der Waals surface area contributed by atoms with Crippen LogP contribution in [0.4, 0.5) is 0 Å². The van der Waals surface area contributed by atoms with E-state index in [1.54, 1.807) is 0 Å². The summed E-state index contributed by atoms with van der Waals surface area (Å²) in [6.45, 7) is -0.744. The maximum absolute atomic E-state index is 13.0. The van der Waals surface area contributed by atoms with Gasteiger partial charge in [-0.25, -0.2) is 4.79 Å². The molecule has 4 unspecified atom stereocenters. The molecule has 1 fully saturated rings. The topological polar surface area (TPSA) is 237 Å². The van der Waals surface area contributed by atoms with E-state index in [1.807, 2.05) is 0 Å². The SMILES string of the molecule is NC(CCC(=O)O)C(=O)NC(CCC(=O)O)C(=O)N1CCCC1C(=O)NC(CO)C(=O)O. The molecular weight excluding hydrogens is 432 g/mol. The largest absolute Gasteiger partial charge is 0.481 e. The van der Waals surface area contributed by atoms with Crippen LogP contribution in [-0.2, 0) is 28.8 Å². The second-order valence-electron chi connectivity index (χ2n) is 7.30. The van der Waals surface area contributed by atoms with Gasteiger partial charge in [0.25, 0.3) is 0 Å². The van der Waals surface area contributed by atoms with Crippen molar-refractivity contribution < 1.29 is 49.2 Å². The van der Waals surface area contributed by atoms with Crippen LogP contribution in [-0.4, -0.2) is 98.3 Å². The van der Waals surface area contributed by atoms with E-state index in [9.17, 15) is 28.8 Å². The molecule has 0 aromatic carbocycles. The molecule has 1 aliphatic rings. The van der Waals surface area contributed by atoms with Crippen LogP contribution in [0, 0.1) is 0 Å². The third-order valence-corrected chi connectivity index (χ3v) is 4.90. The molecule has 1 heterocycles. The standard InChI is InChI=1S/C18H28N4O10/c19-9(3-5-13(24)25)15(28)20-10(4-6-14(26)27)17(30)22-7-1-2-12(22)16(29)21-11(8-23)18(31)32/h9-12,23H,1-8,19H2,(H,20,28)(H,21,29)(H,24,25)(H,26,27)(H,31,32). The summed E-state index contributed by atoms with van der Waals surface area (Å²) in [5.74, 6) is -6.26. The third-order valence-electron chi connectivity index (χ3n) is 4.90. The van der Waals surface area contributed by atoms with E-state index in [-0.39, 0.29) is 32.2 Å². The van der Waals surface area contributed by atoms with Crippen LogP contribution >= 0.6 is 0 Å². The molecule has 0 aliphatic carbocycles. The Morgan fingerprint density at radius 3 is 2.06 bits per heavy atom. The van der Waals surface area contributed by atoms with Crippen molar-refractivity contribution >= 4 is 35.6 Å². The van der Waals surface area contributed by atoms with E-state index in [4.69, 9.17) is 26.2 Å². The highest BCUT2D eigenvalue weighted by atomic mass is 16.4. The van der Waals surface area contributed by atoms with Crippen molar-refractivity contribution in [2.45, 2.75) is 62.7 Å². The zero-order valence-corrected chi connectivity index (χ0v) is 17.2. The number of aliphatic hydroxyl groups excluding tert-OH is 1. The fourth-order valence-corrected chi connectivity index (χ4v) is 3.17. The fraction of sp³-hybridized carbons (Fsp3) is 0.667. The molecule has 1 rings (SSSR count). The molecule has 3 amide bonds. The molecule has 1 aliphatic heterocycles. The average molecular weight is 460 g/mol. The summed E-state index contributed by atoms with van der Waals surface area (Å²) in [6.07, 6.45) is -0.757. The van der Waals surface area contributed by atoms with E-state index in [0.29, 0.717) is 6.42 Å². The lowest BCUT2D eigenvalue weighted by Crippen LogP contribution is -2.57. The molecule has 0 bridgehead atoms. The predicted octanol–water partition coefficient (Wildman–Crippen LogP) is -2.92. The van der Waals surface area contributed by atoms with Gasteiger partial charge >= 0.3 is 17.9 Å². The highest BCUT2D eigenvalue weighted by Crippen LogP contribution is 2.20. The van der Waals surface area contributed by atoms with E-state index < -0.39 is 72.8 Å². The molecule has 1 saturated heterocycles. The van der Waals surface area contributed by atoms with E-state index >= 15 is 0 Å². The second-order valence-corrected chi connectivity index (χ2v) is 7.30. The molecule has 0 aromatic rings. The van der Waals surface area contributed by atoms with Gasteiger partial charge in [-0.3, -0.25) is 24.0 Å². The summed E-state index contributed by atoms with van der Waals surface area (Å²) in [7, 11) is 0. The minimum Gasteiger partial charge on any atom is -0.481 e. The normalized spacial score (nSPS) is 18.3. The Balaban J connectivity index is 2.93. The first-order valence-electron chi connectivity index (χ1n) is 9.92. The van der Waals surface area contributed by atoms with E-state index in [1.165, 1.54) is 0 Å². The molecule has 8 N–H and O–H groups in total. The van der Waals surface area contributed by atoms with Crippen molar-refractivity contribution in [1.29, 1.82) is 0 Å². The van der Waals surface area contributed by atoms with Crippen LogP contribution in [0.1, 0.15) is 38.5 Å². The number of hydrogen-bond acceptors (Lipinski definition) is 8. The van der Waals surface area contributed by atoms with Gasteiger partial charge in [0.15, 0.2) is 0 Å². The zero-order chi connectivity index (χ0) is 24.4. The molecule has 14 nitrogen and oxygen atoms in total. The van der Waals surface area contributed by atoms with Gasteiger partial charge in [-0.15, -0.1) is 0 Å². The number of nitrogens with two attached hydrogens (primary N) is 1. The first kappa shape index (κ1) is 26.8. The van der Waals surface area contributed by atoms with Crippen LogP contribution in [0.25, 0.3) is 0 Å². The number of hydrogen-bond donors (Lipinski definition) is 7. The van der Waals surface area contributed by atoms with Gasteiger partial charge in [-0.1, -0.05) is 0 Å². The summed E-state index contributed by atoms with van der Waals surface area (Å²) < 4.78 is 0. The van der Waals surface area contributed by atoms with Gasteiger partial charge in [0.1, 0.15) is 18.1 Å². The van der Waals surface area contributed by atoms with Gasteiger partial charge in [-0.05, 0) is 25.7 Å². The fourth-order valence-electron chi connectivity index (χ4n) is 3.17. The van der Waals surface area contributed by atoms with Crippen LogP contribution in [0.15, 0.2) is 0 Å². The molecule has 14 heteroatoms. The molecular formula is C18H28N4O10. The van der Waals surface area contributed by atoms with Crippen molar-refractivity contribution in [3.05, 3.63) is 0 Å². The maximum atomic E-state index is 13.0. The lowest BCUT2D eigenvalue weighted by molar-refractivity contribution is -0.146. The third kappa shape index (κ3) is 8.11. The van der Waals surface area contributed by atoms with Crippen molar-refractivity contribution in [2.75, 3.05) is 13.2 Å². The number of carbonyl (C=O) groups excluding carboxylic acids is 3. The number of amides is 3. The second kappa shape index (κ2) is 12.6. The average Bonchev–Trinajstić information content (AvgIpc) is 3.21. The van der Waals surface area contributed by atoms with Crippen LogP contribution in [0.2, 0.25) is 0 Å². The van der Waals surface area contributed by atoms with Crippen LogP contribution in [0.5, 0.6) is 0 Å². The summed E-state index contributed by atoms with van der Waals surface area (Å²) in [5.41, 5.74) is 5.64. The number of aliphatic hydroxyl groups is 1. The summed E-state index contributed by atoms with van der Waals surface area (Å²) >= 11 is 0. The first-order valence-corrected chi connectivity index (χ1v) is 9.92. The molecule has 180 valence electrons. The Hall–Kier alpha value is -3.26. The predicted molar refractivity (Wildman–Crippen MR) is 105 cm³/mol. The number of nitrogens with one attached hydrogen (secondary N) is 2. The number of carboxylic acid groups (broad SMARTS) is 3. The number of likely N-dealkylation sites (tertiary alicyclic amines) is 1. The number of carbonyl (C=O) groups is 6. The minimum absolute atomic E-state index is 0.109. The van der Waals surface area contributed by atoms with Gasteiger partial charge in [0.05, 0.1) is 12.6 Å². The van der Waals surface area contributed by atoms with Gasteiger partial charge in [0, 0.05) is 19.4 Å².